The molecule has 0 atom stereocenters. The Bertz CT molecular complexity index is 224. The van der Waals surface area contributed by atoms with E-state index in [4.69, 9.17) is 0 Å². The van der Waals surface area contributed by atoms with E-state index >= 15 is 0 Å². The van der Waals surface area contributed by atoms with Gasteiger partial charge in [-0.1, -0.05) is 136 Å². The maximum atomic E-state index is 10.3. The molecule has 151 valence electrons. The van der Waals surface area contributed by atoms with Crippen molar-refractivity contribution >= 4 is 0 Å². The highest BCUT2D eigenvalue weighted by atomic mass is 16.2. The molecule has 0 N–H and O–H groups in total. The Hall–Kier alpha value is -0.0400. The van der Waals surface area contributed by atoms with Crippen molar-refractivity contribution in [3.05, 3.63) is 0 Å². The van der Waals surface area contributed by atoms with Crippen LogP contribution in [0.1, 0.15) is 142 Å². The van der Waals surface area contributed by atoms with Gasteiger partial charge in [-0.05, 0) is 12.3 Å². The second-order valence-corrected chi connectivity index (χ2v) is 8.60. The van der Waals surface area contributed by atoms with Crippen molar-refractivity contribution in [2.24, 2.45) is 5.92 Å². The van der Waals surface area contributed by atoms with Gasteiger partial charge < -0.3 is 0 Å². The van der Waals surface area contributed by atoms with E-state index in [1.807, 2.05) is 0 Å². The van der Waals surface area contributed by atoms with Crippen LogP contribution in [0.2, 0.25) is 0 Å². The molecule has 0 aromatic carbocycles. The van der Waals surface area contributed by atoms with Crippen LogP contribution in [-0.2, 0) is 5.11 Å². The lowest BCUT2D eigenvalue weighted by molar-refractivity contribution is 0.186. The molecule has 0 aliphatic heterocycles. The summed E-state index contributed by atoms with van der Waals surface area (Å²) in [6.45, 7) is 4.79. The van der Waals surface area contributed by atoms with Crippen LogP contribution >= 0.6 is 0 Å². The van der Waals surface area contributed by atoms with Crippen LogP contribution in [0.5, 0.6) is 0 Å². The Balaban J connectivity index is 2.96. The lowest BCUT2D eigenvalue weighted by Gasteiger charge is -2.05. The Morgan fingerprint density at radius 3 is 0.880 bits per heavy atom. The van der Waals surface area contributed by atoms with Gasteiger partial charge in [0, 0.05) is 0 Å². The molecule has 0 saturated carbocycles. The van der Waals surface area contributed by atoms with Crippen molar-refractivity contribution in [1.29, 1.82) is 0 Å². The first-order valence-corrected chi connectivity index (χ1v) is 11.9. The fraction of sp³-hybridized carbons (Fsp3) is 1.00. The molecule has 25 heavy (non-hydrogen) atoms. The quantitative estimate of drug-likeness (QED) is 0.184. The van der Waals surface area contributed by atoms with Gasteiger partial charge >= 0.3 is 0 Å². The monoisotopic (exact) mass is 353 g/mol. The van der Waals surface area contributed by atoms with E-state index in [2.05, 4.69) is 13.8 Å². The van der Waals surface area contributed by atoms with Gasteiger partial charge in [-0.3, -0.25) is 0 Å². The highest BCUT2D eigenvalue weighted by molar-refractivity contribution is 4.51. The zero-order valence-electron chi connectivity index (χ0n) is 17.8. The zero-order chi connectivity index (χ0) is 18.4. The predicted octanol–water partition coefficient (Wildman–Crippen LogP) is 8.87. The van der Waals surface area contributed by atoms with Crippen molar-refractivity contribution in [2.45, 2.75) is 142 Å². The number of unbranched alkanes of at least 4 members (excludes halogenated alkanes) is 18. The maximum Gasteiger partial charge on any atom is 0.0822 e. The molecule has 1 heteroatoms. The molecular formula is C24H49O. The van der Waals surface area contributed by atoms with Gasteiger partial charge in [0.15, 0.2) is 0 Å². The molecule has 0 spiro atoms. The summed E-state index contributed by atoms with van der Waals surface area (Å²) in [6, 6.07) is 0. The van der Waals surface area contributed by atoms with Crippen molar-refractivity contribution < 1.29 is 5.11 Å². The standard InChI is InChI=1S/C24H49O/c1-24(2)22-20-18-16-14-12-10-8-6-4-3-5-7-9-11-13-15-17-19-21-23-25/h24H,3-23H2,1-2H3. The second-order valence-electron chi connectivity index (χ2n) is 8.60. The molecule has 1 nitrogen and oxygen atoms in total. The first-order valence-electron chi connectivity index (χ1n) is 11.9. The van der Waals surface area contributed by atoms with Crippen molar-refractivity contribution in [2.75, 3.05) is 6.61 Å². The molecule has 0 aromatic heterocycles. The van der Waals surface area contributed by atoms with E-state index in [1.54, 1.807) is 0 Å². The Labute approximate surface area is 160 Å². The molecule has 0 heterocycles. The molecule has 0 bridgehead atoms. The van der Waals surface area contributed by atoms with Gasteiger partial charge in [0.05, 0.1) is 6.61 Å². The minimum absolute atomic E-state index is 0.123. The zero-order valence-corrected chi connectivity index (χ0v) is 17.8. The third-order valence-electron chi connectivity index (χ3n) is 5.43. The van der Waals surface area contributed by atoms with E-state index in [-0.39, 0.29) is 6.61 Å². The van der Waals surface area contributed by atoms with Gasteiger partial charge in [0.1, 0.15) is 0 Å². The summed E-state index contributed by atoms with van der Waals surface area (Å²) in [5.74, 6) is 0.889. The first-order chi connectivity index (χ1) is 12.3. The van der Waals surface area contributed by atoms with Crippen molar-refractivity contribution in [1.82, 2.24) is 0 Å². The average Bonchev–Trinajstić information content (AvgIpc) is 2.60. The fourth-order valence-corrected chi connectivity index (χ4v) is 3.66. The number of hydrogen-bond donors (Lipinski definition) is 0. The largest absolute Gasteiger partial charge is 0.237 e. The third-order valence-corrected chi connectivity index (χ3v) is 5.43. The normalized spacial score (nSPS) is 11.5. The first kappa shape index (κ1) is 25.0. The van der Waals surface area contributed by atoms with E-state index in [1.165, 1.54) is 116 Å². The molecule has 0 aliphatic carbocycles. The lowest BCUT2D eigenvalue weighted by Crippen LogP contribution is -1.87. The van der Waals surface area contributed by atoms with E-state index in [0.29, 0.717) is 0 Å². The van der Waals surface area contributed by atoms with Crippen LogP contribution in [0.25, 0.3) is 0 Å². The molecular weight excluding hydrogens is 304 g/mol. The van der Waals surface area contributed by atoms with E-state index in [0.717, 1.165) is 18.8 Å². The topological polar surface area (TPSA) is 19.9 Å². The summed E-state index contributed by atoms with van der Waals surface area (Å²) >= 11 is 0. The highest BCUT2D eigenvalue weighted by Crippen LogP contribution is 2.15. The molecule has 0 aromatic rings. The third kappa shape index (κ3) is 24.0. The number of rotatable bonds is 21. The molecule has 0 unspecified atom stereocenters. The maximum absolute atomic E-state index is 10.3. The van der Waals surface area contributed by atoms with Gasteiger partial charge in [-0.25, -0.2) is 5.11 Å². The van der Waals surface area contributed by atoms with Crippen molar-refractivity contribution in [3.63, 3.8) is 0 Å². The van der Waals surface area contributed by atoms with E-state index < -0.39 is 0 Å². The Morgan fingerprint density at radius 2 is 0.640 bits per heavy atom. The Kier molecular flexibility index (Phi) is 22.0. The summed E-state index contributed by atoms with van der Waals surface area (Å²) in [5.41, 5.74) is 0. The molecule has 1 radical (unpaired) electrons. The second kappa shape index (κ2) is 22.0. The smallest absolute Gasteiger partial charge is 0.0822 e. The molecule has 0 aliphatic rings. The summed E-state index contributed by atoms with van der Waals surface area (Å²) < 4.78 is 0. The SMILES string of the molecule is CC(C)CCCCCCCCCCCCCCCCCCCCC[O]. The molecule has 0 rings (SSSR count). The van der Waals surface area contributed by atoms with Crippen LogP contribution in [0.4, 0.5) is 0 Å². The molecule has 0 saturated heterocycles. The van der Waals surface area contributed by atoms with Crippen LogP contribution in [-0.4, -0.2) is 6.61 Å². The summed E-state index contributed by atoms with van der Waals surface area (Å²) in [7, 11) is 0. The average molecular weight is 354 g/mol. The van der Waals surface area contributed by atoms with Crippen LogP contribution in [0, 0.1) is 5.92 Å². The van der Waals surface area contributed by atoms with E-state index in [9.17, 15) is 5.11 Å². The van der Waals surface area contributed by atoms with Gasteiger partial charge in [-0.15, -0.1) is 0 Å². The summed E-state index contributed by atoms with van der Waals surface area (Å²) in [6.07, 6.45) is 27.8. The van der Waals surface area contributed by atoms with Crippen molar-refractivity contribution in [3.8, 4) is 0 Å². The predicted molar refractivity (Wildman–Crippen MR) is 113 cm³/mol. The number of hydrogen-bond acceptors (Lipinski definition) is 0. The van der Waals surface area contributed by atoms with Gasteiger partial charge in [0.2, 0.25) is 0 Å². The Morgan fingerprint density at radius 1 is 0.400 bits per heavy atom. The molecule has 0 amide bonds. The highest BCUT2D eigenvalue weighted by Gasteiger charge is 1.96. The summed E-state index contributed by atoms with van der Waals surface area (Å²) in [5, 5.41) is 10.3. The van der Waals surface area contributed by atoms with Gasteiger partial charge in [0.25, 0.3) is 0 Å². The minimum atomic E-state index is 0.123. The minimum Gasteiger partial charge on any atom is -0.237 e. The molecule has 0 fully saturated rings. The lowest BCUT2D eigenvalue weighted by atomic mass is 10.0. The van der Waals surface area contributed by atoms with Crippen LogP contribution in [0.15, 0.2) is 0 Å². The van der Waals surface area contributed by atoms with Crippen LogP contribution < -0.4 is 0 Å². The summed E-state index contributed by atoms with van der Waals surface area (Å²) in [4.78, 5) is 0. The van der Waals surface area contributed by atoms with Gasteiger partial charge in [-0.2, -0.15) is 0 Å². The van der Waals surface area contributed by atoms with Crippen LogP contribution in [0.3, 0.4) is 0 Å². The fourth-order valence-electron chi connectivity index (χ4n) is 3.66.